The largest absolute Gasteiger partial charge is 0.872 e. The molecule has 0 radical (unpaired) electrons. The van der Waals surface area contributed by atoms with Gasteiger partial charge in [-0.15, -0.1) is 0 Å². The van der Waals surface area contributed by atoms with Crippen molar-refractivity contribution in [3.63, 3.8) is 0 Å². The van der Waals surface area contributed by atoms with E-state index in [2.05, 4.69) is 4.99 Å². The molecular formula is C19H16NO-. The van der Waals surface area contributed by atoms with E-state index in [1.165, 1.54) is 0 Å². The highest BCUT2D eigenvalue weighted by Crippen LogP contribution is 2.24. The Hall–Kier alpha value is -2.61. The van der Waals surface area contributed by atoms with Crippen molar-refractivity contribution in [1.82, 2.24) is 0 Å². The number of hydrogen-bond donors (Lipinski definition) is 0. The van der Waals surface area contributed by atoms with E-state index in [9.17, 15) is 5.11 Å². The van der Waals surface area contributed by atoms with Gasteiger partial charge in [0.15, 0.2) is 0 Å². The van der Waals surface area contributed by atoms with Crippen LogP contribution in [0, 0.1) is 0 Å². The van der Waals surface area contributed by atoms with Crippen LogP contribution >= 0.6 is 0 Å². The Morgan fingerprint density at radius 1 is 0.905 bits per heavy atom. The van der Waals surface area contributed by atoms with E-state index in [1.54, 1.807) is 12.3 Å². The summed E-state index contributed by atoms with van der Waals surface area (Å²) >= 11 is 0. The Balaban J connectivity index is 1.98. The lowest BCUT2D eigenvalue weighted by molar-refractivity contribution is -0.268. The molecule has 0 saturated carbocycles. The van der Waals surface area contributed by atoms with Crippen LogP contribution in [0.25, 0.3) is 10.8 Å². The molecule has 0 heterocycles. The lowest BCUT2D eigenvalue weighted by Crippen LogP contribution is -1.98. The zero-order chi connectivity index (χ0) is 14.7. The molecule has 0 amide bonds. The maximum atomic E-state index is 12.1. The van der Waals surface area contributed by atoms with Gasteiger partial charge in [0.05, 0.1) is 6.04 Å². The monoisotopic (exact) mass is 274 g/mol. The maximum Gasteiger partial charge on any atom is 0.0721 e. The Kier molecular flexibility index (Phi) is 3.69. The van der Waals surface area contributed by atoms with E-state index >= 15 is 0 Å². The maximum absolute atomic E-state index is 12.1. The second kappa shape index (κ2) is 5.80. The average molecular weight is 274 g/mol. The van der Waals surface area contributed by atoms with Gasteiger partial charge in [-0.3, -0.25) is 4.99 Å². The quantitative estimate of drug-likeness (QED) is 0.662. The smallest absolute Gasteiger partial charge is 0.0721 e. The van der Waals surface area contributed by atoms with Crippen LogP contribution in [0.2, 0.25) is 0 Å². The third-order valence-corrected chi connectivity index (χ3v) is 3.64. The summed E-state index contributed by atoms with van der Waals surface area (Å²) in [6, 6.07) is 21.5. The van der Waals surface area contributed by atoms with Gasteiger partial charge >= 0.3 is 0 Å². The van der Waals surface area contributed by atoms with Crippen molar-refractivity contribution in [2.45, 2.75) is 13.0 Å². The number of aliphatic imine (C=N–C) groups is 1. The molecule has 0 N–H and O–H groups in total. The molecule has 3 aromatic rings. The summed E-state index contributed by atoms with van der Waals surface area (Å²) in [6.07, 6.45) is 1.71. The molecule has 3 rings (SSSR count). The predicted molar refractivity (Wildman–Crippen MR) is 85.8 cm³/mol. The minimum absolute atomic E-state index is 0.0118. The minimum atomic E-state index is 0.0118. The fourth-order valence-corrected chi connectivity index (χ4v) is 2.41. The van der Waals surface area contributed by atoms with E-state index in [1.807, 2.05) is 67.6 Å². The van der Waals surface area contributed by atoms with Crippen LogP contribution in [0.15, 0.2) is 71.7 Å². The van der Waals surface area contributed by atoms with E-state index in [4.69, 9.17) is 0 Å². The van der Waals surface area contributed by atoms with Crippen molar-refractivity contribution < 1.29 is 5.11 Å². The fraction of sp³-hybridized carbons (Fsp3) is 0.105. The first kappa shape index (κ1) is 13.4. The van der Waals surface area contributed by atoms with Crippen molar-refractivity contribution in [1.29, 1.82) is 0 Å². The van der Waals surface area contributed by atoms with Crippen molar-refractivity contribution in [2.75, 3.05) is 0 Å². The summed E-state index contributed by atoms with van der Waals surface area (Å²) in [6.45, 7) is 2.03. The van der Waals surface area contributed by atoms with Crippen molar-refractivity contribution in [3.8, 4) is 5.75 Å². The number of hydrogen-bond acceptors (Lipinski definition) is 2. The highest BCUT2D eigenvalue weighted by atomic mass is 16.3. The fourth-order valence-electron chi connectivity index (χ4n) is 2.41. The van der Waals surface area contributed by atoms with Gasteiger partial charge in [0.25, 0.3) is 0 Å². The summed E-state index contributed by atoms with van der Waals surface area (Å²) < 4.78 is 0. The van der Waals surface area contributed by atoms with Gasteiger partial charge in [-0.05, 0) is 28.8 Å². The number of fused-ring (bicyclic) bond motifs is 1. The molecule has 3 aromatic carbocycles. The molecule has 21 heavy (non-hydrogen) atoms. The topological polar surface area (TPSA) is 35.4 Å². The van der Waals surface area contributed by atoms with Gasteiger partial charge in [0, 0.05) is 6.21 Å². The Bertz CT molecular complexity index is 778. The average Bonchev–Trinajstić information content (AvgIpc) is 2.54. The van der Waals surface area contributed by atoms with Gasteiger partial charge in [0.2, 0.25) is 0 Å². The van der Waals surface area contributed by atoms with Crippen LogP contribution in [0.5, 0.6) is 5.75 Å². The molecule has 0 aliphatic carbocycles. The molecule has 0 aliphatic heterocycles. The third kappa shape index (κ3) is 2.79. The van der Waals surface area contributed by atoms with Crippen molar-refractivity contribution in [2.24, 2.45) is 4.99 Å². The van der Waals surface area contributed by atoms with Gasteiger partial charge in [-0.1, -0.05) is 72.5 Å². The predicted octanol–water partition coefficient (Wildman–Crippen LogP) is 4.09. The highest BCUT2D eigenvalue weighted by molar-refractivity contribution is 6.02. The zero-order valence-electron chi connectivity index (χ0n) is 11.9. The van der Waals surface area contributed by atoms with E-state index < -0.39 is 0 Å². The lowest BCUT2D eigenvalue weighted by Gasteiger charge is -2.14. The highest BCUT2D eigenvalue weighted by Gasteiger charge is 2.03. The van der Waals surface area contributed by atoms with E-state index in [0.29, 0.717) is 5.56 Å². The SMILES string of the molecule is C[C@H](N=Cc1c([O-])ccc2ccccc12)c1ccccc1. The molecule has 0 bridgehead atoms. The minimum Gasteiger partial charge on any atom is -0.872 e. The molecule has 0 saturated heterocycles. The first-order valence-corrected chi connectivity index (χ1v) is 7.02. The summed E-state index contributed by atoms with van der Waals surface area (Å²) in [5.74, 6) is 0.0118. The Labute approximate surface area is 124 Å². The van der Waals surface area contributed by atoms with Crippen molar-refractivity contribution in [3.05, 3.63) is 77.9 Å². The second-order valence-corrected chi connectivity index (χ2v) is 5.06. The zero-order valence-corrected chi connectivity index (χ0v) is 11.9. The number of rotatable bonds is 3. The van der Waals surface area contributed by atoms with Gasteiger partial charge < -0.3 is 5.11 Å². The third-order valence-electron chi connectivity index (χ3n) is 3.64. The molecule has 0 fully saturated rings. The van der Waals surface area contributed by atoms with Crippen LogP contribution in [-0.2, 0) is 0 Å². The van der Waals surface area contributed by atoms with Crippen LogP contribution in [0.4, 0.5) is 0 Å². The van der Waals surface area contributed by atoms with Gasteiger partial charge in [-0.25, -0.2) is 0 Å². The molecule has 2 nitrogen and oxygen atoms in total. The summed E-state index contributed by atoms with van der Waals surface area (Å²) in [5, 5.41) is 14.1. The lowest BCUT2D eigenvalue weighted by atomic mass is 10.0. The second-order valence-electron chi connectivity index (χ2n) is 5.06. The van der Waals surface area contributed by atoms with Crippen LogP contribution in [-0.4, -0.2) is 6.21 Å². The molecule has 104 valence electrons. The molecule has 0 unspecified atom stereocenters. The first-order chi connectivity index (χ1) is 10.3. The van der Waals surface area contributed by atoms with E-state index in [-0.39, 0.29) is 11.8 Å². The summed E-state index contributed by atoms with van der Waals surface area (Å²) in [5.41, 5.74) is 1.80. The Morgan fingerprint density at radius 2 is 1.62 bits per heavy atom. The molecule has 0 spiro atoms. The number of benzene rings is 3. The standard InChI is InChI=1S/C19H17NO/c1-14(15-7-3-2-4-8-15)20-13-18-17-10-6-5-9-16(17)11-12-19(18)21/h2-14,21H,1H3/p-1/t14-/m0/s1. The van der Waals surface area contributed by atoms with Crippen LogP contribution < -0.4 is 5.11 Å². The van der Waals surface area contributed by atoms with Crippen LogP contribution in [0.1, 0.15) is 24.1 Å². The number of nitrogens with zero attached hydrogens (tertiary/aromatic N) is 1. The Morgan fingerprint density at radius 3 is 2.43 bits per heavy atom. The normalized spacial score (nSPS) is 12.8. The molecule has 1 atom stereocenters. The molecule has 0 aliphatic rings. The summed E-state index contributed by atoms with van der Waals surface area (Å²) in [7, 11) is 0. The van der Waals surface area contributed by atoms with E-state index in [0.717, 1.165) is 16.3 Å². The first-order valence-electron chi connectivity index (χ1n) is 7.02. The molecular weight excluding hydrogens is 258 g/mol. The van der Waals surface area contributed by atoms with Gasteiger partial charge in [-0.2, -0.15) is 0 Å². The van der Waals surface area contributed by atoms with Crippen LogP contribution in [0.3, 0.4) is 0 Å². The van der Waals surface area contributed by atoms with Crippen molar-refractivity contribution >= 4 is 17.0 Å². The van der Waals surface area contributed by atoms with Gasteiger partial charge in [0.1, 0.15) is 0 Å². The molecule has 0 aromatic heterocycles. The molecule has 2 heteroatoms. The summed E-state index contributed by atoms with van der Waals surface area (Å²) in [4.78, 5) is 4.55.